The Bertz CT molecular complexity index is 1070. The highest BCUT2D eigenvalue weighted by Crippen LogP contribution is 2.37. The lowest BCUT2D eigenvalue weighted by molar-refractivity contribution is 0.0771. The molecule has 1 aliphatic heterocycles. The molecule has 1 atom stereocenters. The van der Waals surface area contributed by atoms with Crippen LogP contribution in [-0.2, 0) is 0 Å². The van der Waals surface area contributed by atoms with Gasteiger partial charge in [-0.1, -0.05) is 12.1 Å². The van der Waals surface area contributed by atoms with Crippen LogP contribution in [0.25, 0.3) is 11.0 Å². The average Bonchev–Trinajstić information content (AvgIpc) is 2.89. The van der Waals surface area contributed by atoms with Crippen LogP contribution in [0.4, 0.5) is 4.39 Å². The number of rotatable bonds is 3. The van der Waals surface area contributed by atoms with Crippen molar-refractivity contribution in [1.29, 1.82) is 0 Å². The number of carbonyl (C=O) groups is 1. The summed E-state index contributed by atoms with van der Waals surface area (Å²) in [5.41, 5.74) is 0.799. The molecule has 1 amide bonds. The van der Waals surface area contributed by atoms with Crippen molar-refractivity contribution in [2.24, 2.45) is 0 Å². The van der Waals surface area contributed by atoms with Crippen molar-refractivity contribution in [3.63, 3.8) is 0 Å². The van der Waals surface area contributed by atoms with Gasteiger partial charge in [0.25, 0.3) is 5.91 Å². The van der Waals surface area contributed by atoms with E-state index in [0.717, 1.165) is 11.6 Å². The molecule has 5 nitrogen and oxygen atoms in total. The summed E-state index contributed by atoms with van der Waals surface area (Å²) in [5, 5.41) is 0.128. The van der Waals surface area contributed by atoms with E-state index < -0.39 is 17.3 Å². The van der Waals surface area contributed by atoms with Crippen molar-refractivity contribution < 1.29 is 18.3 Å². The Hall–Kier alpha value is -3.15. The molecule has 0 N–H and O–H groups in total. The highest BCUT2D eigenvalue weighted by Gasteiger charge is 2.40. The Kier molecular flexibility index (Phi) is 3.76. The first kappa shape index (κ1) is 16.3. The molecule has 4 rings (SSSR count). The maximum absolute atomic E-state index is 13.6. The predicted octanol–water partition coefficient (Wildman–Crippen LogP) is 3.51. The molecule has 2 aromatic carbocycles. The summed E-state index contributed by atoms with van der Waals surface area (Å²) in [7, 11) is 1.61. The molecule has 26 heavy (non-hydrogen) atoms. The van der Waals surface area contributed by atoms with Crippen molar-refractivity contribution in [2.45, 2.75) is 13.0 Å². The summed E-state index contributed by atoms with van der Waals surface area (Å²) >= 11 is 0. The zero-order chi connectivity index (χ0) is 18.4. The molecule has 0 bridgehead atoms. The first-order valence-corrected chi connectivity index (χ1v) is 8.27. The lowest BCUT2D eigenvalue weighted by Crippen LogP contribution is -2.25. The van der Waals surface area contributed by atoms with Crippen molar-refractivity contribution in [2.75, 3.05) is 13.7 Å². The van der Waals surface area contributed by atoms with Crippen LogP contribution in [0.2, 0.25) is 0 Å². The van der Waals surface area contributed by atoms with Crippen LogP contribution >= 0.6 is 0 Å². The van der Waals surface area contributed by atoms with Gasteiger partial charge >= 0.3 is 0 Å². The SMILES string of the molecule is CCOc1ccc([C@H]2c3c(oc4ccc(F)cc4c3=O)C(=O)N2C)cc1. The maximum Gasteiger partial charge on any atom is 0.290 e. The number of amides is 1. The van der Waals surface area contributed by atoms with Gasteiger partial charge in [0.05, 0.1) is 23.6 Å². The summed E-state index contributed by atoms with van der Waals surface area (Å²) in [6.45, 7) is 2.44. The first-order chi connectivity index (χ1) is 12.5. The molecular weight excluding hydrogens is 337 g/mol. The third-order valence-corrected chi connectivity index (χ3v) is 4.57. The van der Waals surface area contributed by atoms with Gasteiger partial charge in [-0.25, -0.2) is 4.39 Å². The highest BCUT2D eigenvalue weighted by atomic mass is 19.1. The van der Waals surface area contributed by atoms with E-state index in [1.165, 1.54) is 17.0 Å². The lowest BCUT2D eigenvalue weighted by Gasteiger charge is -2.20. The van der Waals surface area contributed by atoms with Gasteiger partial charge in [-0.2, -0.15) is 0 Å². The summed E-state index contributed by atoms with van der Waals surface area (Å²) < 4.78 is 24.7. The molecule has 2 heterocycles. The van der Waals surface area contributed by atoms with Gasteiger partial charge in [-0.05, 0) is 42.8 Å². The Morgan fingerprint density at radius 1 is 1.15 bits per heavy atom. The van der Waals surface area contributed by atoms with Crippen LogP contribution in [-0.4, -0.2) is 24.5 Å². The van der Waals surface area contributed by atoms with Gasteiger partial charge in [0.1, 0.15) is 17.1 Å². The summed E-state index contributed by atoms with van der Waals surface area (Å²) in [5.74, 6) is -0.186. The predicted molar refractivity (Wildman–Crippen MR) is 94.0 cm³/mol. The van der Waals surface area contributed by atoms with E-state index in [-0.39, 0.29) is 28.2 Å². The van der Waals surface area contributed by atoms with E-state index in [9.17, 15) is 14.0 Å². The molecule has 0 saturated carbocycles. The van der Waals surface area contributed by atoms with Gasteiger partial charge in [0.2, 0.25) is 5.76 Å². The molecule has 0 spiro atoms. The molecule has 0 fully saturated rings. The smallest absolute Gasteiger partial charge is 0.290 e. The Morgan fingerprint density at radius 3 is 2.58 bits per heavy atom. The number of hydrogen-bond donors (Lipinski definition) is 0. The topological polar surface area (TPSA) is 59.8 Å². The highest BCUT2D eigenvalue weighted by molar-refractivity contribution is 5.98. The van der Waals surface area contributed by atoms with Crippen molar-refractivity contribution in [3.05, 3.63) is 75.4 Å². The van der Waals surface area contributed by atoms with E-state index in [1.807, 2.05) is 19.1 Å². The normalized spacial score (nSPS) is 16.2. The Labute approximate surface area is 148 Å². The van der Waals surface area contributed by atoms with Gasteiger partial charge in [-0.15, -0.1) is 0 Å². The minimum absolute atomic E-state index is 0.00972. The molecular formula is C20H16FNO4. The number of nitrogens with zero attached hydrogens (tertiary/aromatic N) is 1. The maximum atomic E-state index is 13.6. The molecule has 0 unspecified atom stereocenters. The number of carbonyl (C=O) groups excluding carboxylic acids is 1. The van der Waals surface area contributed by atoms with E-state index in [1.54, 1.807) is 19.2 Å². The van der Waals surface area contributed by atoms with Crippen LogP contribution in [0.15, 0.2) is 51.7 Å². The molecule has 0 aliphatic carbocycles. The fourth-order valence-corrected chi connectivity index (χ4v) is 3.36. The quantitative estimate of drug-likeness (QED) is 0.723. The third-order valence-electron chi connectivity index (χ3n) is 4.57. The number of benzene rings is 2. The number of halogens is 1. The summed E-state index contributed by atoms with van der Waals surface area (Å²) in [4.78, 5) is 27.1. The number of hydrogen-bond acceptors (Lipinski definition) is 4. The largest absolute Gasteiger partial charge is 0.494 e. The molecule has 1 aromatic heterocycles. The summed E-state index contributed by atoms with van der Waals surface area (Å²) in [6, 6.07) is 10.3. The average molecular weight is 353 g/mol. The second kappa shape index (κ2) is 5.98. The van der Waals surface area contributed by atoms with Gasteiger partial charge in [0, 0.05) is 7.05 Å². The molecule has 6 heteroatoms. The molecule has 0 saturated heterocycles. The van der Waals surface area contributed by atoms with Crippen molar-refractivity contribution >= 4 is 16.9 Å². The monoisotopic (exact) mass is 353 g/mol. The van der Waals surface area contributed by atoms with Gasteiger partial charge in [-0.3, -0.25) is 9.59 Å². The molecule has 1 aliphatic rings. The van der Waals surface area contributed by atoms with Gasteiger partial charge < -0.3 is 14.1 Å². The molecule has 3 aromatic rings. The minimum atomic E-state index is -0.586. The minimum Gasteiger partial charge on any atom is -0.494 e. The van der Waals surface area contributed by atoms with E-state index in [4.69, 9.17) is 9.15 Å². The number of ether oxygens (including phenoxy) is 1. The molecule has 0 radical (unpaired) electrons. The zero-order valence-corrected chi connectivity index (χ0v) is 14.3. The lowest BCUT2D eigenvalue weighted by atomic mass is 9.98. The van der Waals surface area contributed by atoms with Gasteiger partial charge in [0.15, 0.2) is 5.43 Å². The van der Waals surface area contributed by atoms with Crippen LogP contribution in [0, 0.1) is 5.82 Å². The van der Waals surface area contributed by atoms with Crippen molar-refractivity contribution in [1.82, 2.24) is 4.90 Å². The molecule has 132 valence electrons. The van der Waals surface area contributed by atoms with Crippen LogP contribution < -0.4 is 10.2 Å². The second-order valence-corrected chi connectivity index (χ2v) is 6.14. The number of fused-ring (bicyclic) bond motifs is 2. The van der Waals surface area contributed by atoms with Crippen LogP contribution in [0.5, 0.6) is 5.75 Å². The Balaban J connectivity index is 1.91. The fraction of sp³-hybridized carbons (Fsp3) is 0.200. The van der Waals surface area contributed by atoms with E-state index >= 15 is 0 Å². The summed E-state index contributed by atoms with van der Waals surface area (Å²) in [6.07, 6.45) is 0. The first-order valence-electron chi connectivity index (χ1n) is 8.27. The third kappa shape index (κ3) is 2.37. The zero-order valence-electron chi connectivity index (χ0n) is 14.3. The van der Waals surface area contributed by atoms with Crippen molar-refractivity contribution in [3.8, 4) is 5.75 Å². The Morgan fingerprint density at radius 2 is 1.88 bits per heavy atom. The fourth-order valence-electron chi connectivity index (χ4n) is 3.36. The van der Waals surface area contributed by atoms with Crippen LogP contribution in [0.1, 0.15) is 34.6 Å². The standard InChI is InChI=1S/C20H16FNO4/c1-3-25-13-7-4-11(5-8-13)17-16-18(23)14-10-12(21)6-9-15(14)26-19(16)20(24)22(17)2/h4-10,17H,3H2,1-2H3/t17-/m0/s1. The van der Waals surface area contributed by atoms with E-state index in [0.29, 0.717) is 12.4 Å². The second-order valence-electron chi connectivity index (χ2n) is 6.14. The van der Waals surface area contributed by atoms with Crippen LogP contribution in [0.3, 0.4) is 0 Å². The van der Waals surface area contributed by atoms with E-state index in [2.05, 4.69) is 0 Å².